The van der Waals surface area contributed by atoms with Gasteiger partial charge in [0.2, 0.25) is 5.91 Å². The van der Waals surface area contributed by atoms with Gasteiger partial charge in [-0.25, -0.2) is 4.68 Å². The first-order chi connectivity index (χ1) is 9.45. The third kappa shape index (κ3) is 3.36. The molecule has 0 radical (unpaired) electrons. The number of aromatic nitrogens is 2. The quantitative estimate of drug-likeness (QED) is 0.837. The molecule has 1 aromatic carbocycles. The predicted molar refractivity (Wildman–Crippen MR) is 77.7 cm³/mol. The molecular weight excluding hydrogens is 280 g/mol. The van der Waals surface area contributed by atoms with Crippen LogP contribution in [0.5, 0.6) is 0 Å². The lowest BCUT2D eigenvalue weighted by molar-refractivity contribution is -0.117. The summed E-state index contributed by atoms with van der Waals surface area (Å²) in [4.78, 5) is 23.5. The molecule has 104 valence electrons. The van der Waals surface area contributed by atoms with Crippen LogP contribution in [0, 0.1) is 6.92 Å². The Labute approximate surface area is 120 Å². The van der Waals surface area contributed by atoms with Crippen molar-refractivity contribution in [3.05, 3.63) is 51.4 Å². The second-order valence-electron chi connectivity index (χ2n) is 4.32. The fourth-order valence-corrected chi connectivity index (χ4v) is 1.77. The van der Waals surface area contributed by atoms with E-state index in [4.69, 9.17) is 17.3 Å². The molecule has 0 aliphatic heterocycles. The summed E-state index contributed by atoms with van der Waals surface area (Å²) in [6, 6.07) is 6.17. The molecule has 1 heterocycles. The Hall–Kier alpha value is -2.34. The minimum absolute atomic E-state index is 0.190. The van der Waals surface area contributed by atoms with E-state index >= 15 is 0 Å². The van der Waals surface area contributed by atoms with Crippen molar-refractivity contribution in [3.8, 4) is 0 Å². The lowest BCUT2D eigenvalue weighted by Gasteiger charge is -2.09. The third-order valence-corrected chi connectivity index (χ3v) is 2.89. The summed E-state index contributed by atoms with van der Waals surface area (Å²) in [5, 5.41) is 6.85. The number of nitrogens with one attached hydrogen (secondary N) is 1. The first-order valence-electron chi connectivity index (χ1n) is 5.84. The summed E-state index contributed by atoms with van der Waals surface area (Å²) in [7, 11) is 0. The first-order valence-corrected chi connectivity index (χ1v) is 6.22. The Morgan fingerprint density at radius 3 is 2.90 bits per heavy atom. The number of rotatable bonds is 3. The second-order valence-corrected chi connectivity index (χ2v) is 4.72. The van der Waals surface area contributed by atoms with Crippen molar-refractivity contribution in [3.63, 3.8) is 0 Å². The molecule has 0 fully saturated rings. The maximum atomic E-state index is 11.9. The Morgan fingerprint density at radius 1 is 1.45 bits per heavy atom. The van der Waals surface area contributed by atoms with Gasteiger partial charge in [-0.1, -0.05) is 11.6 Å². The predicted octanol–water partition coefficient (Wildman–Crippen LogP) is 1.43. The number of nitrogen functional groups attached to an aromatic ring is 1. The number of nitrogens with two attached hydrogens (primary N) is 1. The second kappa shape index (κ2) is 5.75. The summed E-state index contributed by atoms with van der Waals surface area (Å²) >= 11 is 5.94. The minimum Gasteiger partial charge on any atom is -0.399 e. The van der Waals surface area contributed by atoms with Crippen LogP contribution < -0.4 is 16.6 Å². The van der Waals surface area contributed by atoms with E-state index in [0.717, 1.165) is 10.2 Å². The fraction of sp³-hybridized carbons (Fsp3) is 0.154. The number of carbonyl (C=O) groups is 1. The number of anilines is 2. The van der Waals surface area contributed by atoms with Gasteiger partial charge in [-0.05, 0) is 30.7 Å². The van der Waals surface area contributed by atoms with Crippen LogP contribution in [0.1, 0.15) is 5.56 Å². The van der Waals surface area contributed by atoms with Crippen LogP contribution in [-0.4, -0.2) is 15.7 Å². The molecule has 20 heavy (non-hydrogen) atoms. The number of nitrogens with zero attached hydrogens (tertiary/aromatic N) is 2. The van der Waals surface area contributed by atoms with Gasteiger partial charge in [-0.2, -0.15) is 5.10 Å². The molecule has 1 amide bonds. The van der Waals surface area contributed by atoms with Crippen molar-refractivity contribution < 1.29 is 4.79 Å². The molecule has 6 nitrogen and oxygen atoms in total. The highest BCUT2D eigenvalue weighted by Gasteiger charge is 2.08. The van der Waals surface area contributed by atoms with Gasteiger partial charge in [0.05, 0.1) is 16.9 Å². The van der Waals surface area contributed by atoms with Gasteiger partial charge >= 0.3 is 0 Å². The van der Waals surface area contributed by atoms with E-state index < -0.39 is 5.91 Å². The zero-order chi connectivity index (χ0) is 14.7. The topological polar surface area (TPSA) is 90.0 Å². The van der Waals surface area contributed by atoms with Gasteiger partial charge in [0.1, 0.15) is 6.54 Å². The number of hydrogen-bond donors (Lipinski definition) is 2. The molecule has 0 atom stereocenters. The standard InChI is InChI=1S/C13H13ClN4O2/c1-8-4-13(20)18(16-6-8)7-12(19)17-11-5-9(15)2-3-10(11)14/h2-6H,7,15H2,1H3,(H,17,19). The van der Waals surface area contributed by atoms with E-state index in [1.165, 1.54) is 12.3 Å². The summed E-state index contributed by atoms with van der Waals surface area (Å²) < 4.78 is 1.07. The number of hydrogen-bond acceptors (Lipinski definition) is 4. The van der Waals surface area contributed by atoms with E-state index in [0.29, 0.717) is 16.4 Å². The van der Waals surface area contributed by atoms with E-state index in [1.54, 1.807) is 25.1 Å². The SMILES string of the molecule is Cc1cnn(CC(=O)Nc2cc(N)ccc2Cl)c(=O)c1. The zero-order valence-electron chi connectivity index (χ0n) is 10.8. The molecule has 7 heteroatoms. The van der Waals surface area contributed by atoms with Gasteiger partial charge in [-0.15, -0.1) is 0 Å². The lowest BCUT2D eigenvalue weighted by atomic mass is 10.3. The highest BCUT2D eigenvalue weighted by atomic mass is 35.5. The number of benzene rings is 1. The monoisotopic (exact) mass is 292 g/mol. The average molecular weight is 293 g/mol. The zero-order valence-corrected chi connectivity index (χ0v) is 11.5. The molecule has 0 aliphatic rings. The molecule has 3 N–H and O–H groups in total. The van der Waals surface area contributed by atoms with Crippen molar-refractivity contribution in [2.24, 2.45) is 0 Å². The van der Waals surface area contributed by atoms with E-state index in [2.05, 4.69) is 10.4 Å². The average Bonchev–Trinajstić information content (AvgIpc) is 2.37. The van der Waals surface area contributed by atoms with Crippen LogP contribution in [-0.2, 0) is 11.3 Å². The van der Waals surface area contributed by atoms with Crippen molar-refractivity contribution >= 4 is 28.9 Å². The van der Waals surface area contributed by atoms with Gasteiger partial charge in [-0.3, -0.25) is 9.59 Å². The summed E-state index contributed by atoms with van der Waals surface area (Å²) in [6.07, 6.45) is 1.52. The van der Waals surface area contributed by atoms with Gasteiger partial charge in [0, 0.05) is 11.8 Å². The molecule has 0 aliphatic carbocycles. The molecule has 0 saturated carbocycles. The summed E-state index contributed by atoms with van der Waals surface area (Å²) in [5.41, 5.74) is 6.91. The van der Waals surface area contributed by atoms with Gasteiger partial charge in [0.25, 0.3) is 5.56 Å². The van der Waals surface area contributed by atoms with Crippen molar-refractivity contribution in [2.45, 2.75) is 13.5 Å². The molecule has 2 aromatic rings. The van der Waals surface area contributed by atoms with Gasteiger partial charge in [0.15, 0.2) is 0 Å². The van der Waals surface area contributed by atoms with Crippen LogP contribution >= 0.6 is 11.6 Å². The molecular formula is C13H13ClN4O2. The fourth-order valence-electron chi connectivity index (χ4n) is 1.61. The van der Waals surface area contributed by atoms with E-state index in [-0.39, 0.29) is 12.1 Å². The number of halogens is 1. The number of amides is 1. The smallest absolute Gasteiger partial charge is 0.267 e. The largest absolute Gasteiger partial charge is 0.399 e. The Morgan fingerprint density at radius 2 is 2.20 bits per heavy atom. The first kappa shape index (κ1) is 14.1. The molecule has 0 saturated heterocycles. The van der Waals surface area contributed by atoms with Crippen LogP contribution in [0.15, 0.2) is 35.3 Å². The Balaban J connectivity index is 2.13. The lowest BCUT2D eigenvalue weighted by Crippen LogP contribution is -2.29. The highest BCUT2D eigenvalue weighted by molar-refractivity contribution is 6.33. The molecule has 0 bridgehead atoms. The van der Waals surface area contributed by atoms with Gasteiger partial charge < -0.3 is 11.1 Å². The van der Waals surface area contributed by atoms with Crippen molar-refractivity contribution in [1.82, 2.24) is 9.78 Å². The Kier molecular flexibility index (Phi) is 4.05. The normalized spacial score (nSPS) is 10.3. The molecule has 0 unspecified atom stereocenters. The maximum absolute atomic E-state index is 11.9. The molecule has 0 spiro atoms. The molecule has 2 rings (SSSR count). The summed E-state index contributed by atoms with van der Waals surface area (Å²) in [5.74, 6) is -0.407. The highest BCUT2D eigenvalue weighted by Crippen LogP contribution is 2.23. The number of aryl methyl sites for hydroxylation is 1. The van der Waals surface area contributed by atoms with E-state index in [1.807, 2.05) is 0 Å². The Bertz CT molecular complexity index is 712. The van der Waals surface area contributed by atoms with Crippen molar-refractivity contribution in [1.29, 1.82) is 0 Å². The molecule has 1 aromatic heterocycles. The van der Waals surface area contributed by atoms with Crippen LogP contribution in [0.3, 0.4) is 0 Å². The van der Waals surface area contributed by atoms with Crippen LogP contribution in [0.4, 0.5) is 11.4 Å². The van der Waals surface area contributed by atoms with Crippen LogP contribution in [0.2, 0.25) is 5.02 Å². The minimum atomic E-state index is -0.407. The van der Waals surface area contributed by atoms with Crippen LogP contribution in [0.25, 0.3) is 0 Å². The third-order valence-electron chi connectivity index (χ3n) is 2.56. The van der Waals surface area contributed by atoms with E-state index in [9.17, 15) is 9.59 Å². The summed E-state index contributed by atoms with van der Waals surface area (Å²) in [6.45, 7) is 1.57. The number of carbonyl (C=O) groups excluding carboxylic acids is 1. The van der Waals surface area contributed by atoms with Crippen molar-refractivity contribution in [2.75, 3.05) is 11.1 Å². The maximum Gasteiger partial charge on any atom is 0.267 e.